The third-order valence-corrected chi connectivity index (χ3v) is 1.48. The van der Waals surface area contributed by atoms with Gasteiger partial charge < -0.3 is 5.11 Å². The van der Waals surface area contributed by atoms with Crippen molar-refractivity contribution in [3.8, 4) is 6.07 Å². The SMILES string of the molecule is N#Cc1cc(Cl)[c]cc1C(=O)O. The number of carbonyl (C=O) groups is 1. The molecule has 0 unspecified atom stereocenters. The fraction of sp³-hybridized carbons (Fsp3) is 0. The first-order valence-corrected chi connectivity index (χ1v) is 3.37. The van der Waals surface area contributed by atoms with Gasteiger partial charge in [0.2, 0.25) is 0 Å². The molecule has 0 aliphatic heterocycles. The van der Waals surface area contributed by atoms with Crippen molar-refractivity contribution in [1.29, 1.82) is 5.26 Å². The van der Waals surface area contributed by atoms with Gasteiger partial charge in [-0.3, -0.25) is 0 Å². The maximum Gasteiger partial charge on any atom is 0.337 e. The summed E-state index contributed by atoms with van der Waals surface area (Å²) in [7, 11) is 0. The molecule has 0 spiro atoms. The largest absolute Gasteiger partial charge is 0.478 e. The highest BCUT2D eigenvalue weighted by Crippen LogP contribution is 2.14. The molecule has 0 bridgehead atoms. The maximum atomic E-state index is 10.5. The normalized spacial score (nSPS) is 9.00. The zero-order valence-electron chi connectivity index (χ0n) is 5.84. The van der Waals surface area contributed by atoms with E-state index in [1.165, 1.54) is 12.1 Å². The van der Waals surface area contributed by atoms with Gasteiger partial charge in [-0.25, -0.2) is 4.79 Å². The van der Waals surface area contributed by atoms with E-state index < -0.39 is 5.97 Å². The van der Waals surface area contributed by atoms with Crippen LogP contribution in [0.25, 0.3) is 0 Å². The predicted octanol–water partition coefficient (Wildman–Crippen LogP) is 1.71. The molecule has 0 aromatic heterocycles. The van der Waals surface area contributed by atoms with Crippen LogP contribution in [0, 0.1) is 17.4 Å². The van der Waals surface area contributed by atoms with Crippen molar-refractivity contribution < 1.29 is 9.90 Å². The highest BCUT2D eigenvalue weighted by Gasteiger charge is 2.09. The van der Waals surface area contributed by atoms with Crippen LogP contribution >= 0.6 is 11.6 Å². The quantitative estimate of drug-likeness (QED) is 0.716. The number of halogens is 1. The summed E-state index contributed by atoms with van der Waals surface area (Å²) >= 11 is 5.50. The van der Waals surface area contributed by atoms with Gasteiger partial charge in [-0.2, -0.15) is 5.26 Å². The minimum absolute atomic E-state index is 0.0475. The van der Waals surface area contributed by atoms with Gasteiger partial charge in [-0.15, -0.1) is 0 Å². The van der Waals surface area contributed by atoms with E-state index in [1.54, 1.807) is 6.07 Å². The maximum absolute atomic E-state index is 10.5. The van der Waals surface area contributed by atoms with Crippen molar-refractivity contribution in [2.24, 2.45) is 0 Å². The lowest BCUT2D eigenvalue weighted by Gasteiger charge is -1.96. The first-order chi connectivity index (χ1) is 5.65. The number of aromatic carboxylic acids is 1. The highest BCUT2D eigenvalue weighted by atomic mass is 35.5. The first kappa shape index (κ1) is 8.57. The zero-order chi connectivity index (χ0) is 9.14. The highest BCUT2D eigenvalue weighted by molar-refractivity contribution is 6.30. The van der Waals surface area contributed by atoms with Gasteiger partial charge in [0, 0.05) is 11.1 Å². The van der Waals surface area contributed by atoms with Crippen molar-refractivity contribution in [1.82, 2.24) is 0 Å². The predicted molar refractivity (Wildman–Crippen MR) is 42.0 cm³/mol. The second-order valence-electron chi connectivity index (χ2n) is 2.03. The molecular formula is C8H3ClNO2. The Morgan fingerprint density at radius 2 is 2.42 bits per heavy atom. The molecule has 12 heavy (non-hydrogen) atoms. The number of hydrogen-bond donors (Lipinski definition) is 1. The van der Waals surface area contributed by atoms with E-state index >= 15 is 0 Å². The second-order valence-corrected chi connectivity index (χ2v) is 2.43. The number of rotatable bonds is 1. The molecule has 4 heteroatoms. The Balaban J connectivity index is 3.32. The number of nitrogens with zero attached hydrogens (tertiary/aromatic N) is 1. The summed E-state index contributed by atoms with van der Waals surface area (Å²) in [5.74, 6) is -1.15. The number of hydrogen-bond acceptors (Lipinski definition) is 2. The topological polar surface area (TPSA) is 61.1 Å². The molecular weight excluding hydrogens is 178 g/mol. The Morgan fingerprint density at radius 1 is 1.75 bits per heavy atom. The third-order valence-electron chi connectivity index (χ3n) is 1.27. The van der Waals surface area contributed by atoms with E-state index in [0.29, 0.717) is 0 Å². The van der Waals surface area contributed by atoms with Crippen molar-refractivity contribution in [3.63, 3.8) is 0 Å². The van der Waals surface area contributed by atoms with Crippen molar-refractivity contribution in [2.45, 2.75) is 0 Å². The van der Waals surface area contributed by atoms with Gasteiger partial charge >= 0.3 is 5.97 Å². The van der Waals surface area contributed by atoms with E-state index in [9.17, 15) is 4.79 Å². The fourth-order valence-corrected chi connectivity index (χ4v) is 0.898. The van der Waals surface area contributed by atoms with Gasteiger partial charge in [-0.05, 0) is 12.1 Å². The standard InChI is InChI=1S/C8H3ClNO2/c9-6-1-2-7(8(11)12)5(3-6)4-10/h2-3H,(H,11,12). The zero-order valence-corrected chi connectivity index (χ0v) is 6.59. The van der Waals surface area contributed by atoms with E-state index in [2.05, 4.69) is 6.07 Å². The van der Waals surface area contributed by atoms with Gasteiger partial charge in [-0.1, -0.05) is 11.6 Å². The molecule has 0 saturated carbocycles. The van der Waals surface area contributed by atoms with Crippen molar-refractivity contribution >= 4 is 17.6 Å². The molecule has 0 aliphatic carbocycles. The van der Waals surface area contributed by atoms with Crippen LogP contribution < -0.4 is 0 Å². The summed E-state index contributed by atoms with van der Waals surface area (Å²) < 4.78 is 0. The van der Waals surface area contributed by atoms with Crippen LogP contribution in [0.15, 0.2) is 12.1 Å². The molecule has 1 aromatic rings. The van der Waals surface area contributed by atoms with Crippen LogP contribution in [0.4, 0.5) is 0 Å². The average molecular weight is 181 g/mol. The number of carboxylic acid groups (broad SMARTS) is 1. The van der Waals surface area contributed by atoms with Crippen molar-refractivity contribution in [3.05, 3.63) is 34.3 Å². The lowest BCUT2D eigenvalue weighted by atomic mass is 10.1. The number of benzene rings is 1. The molecule has 1 rings (SSSR count). The molecule has 59 valence electrons. The molecule has 0 amide bonds. The molecule has 0 fully saturated rings. The molecule has 0 heterocycles. The summed E-state index contributed by atoms with van der Waals surface area (Å²) in [4.78, 5) is 10.5. The minimum atomic E-state index is -1.15. The lowest BCUT2D eigenvalue weighted by Crippen LogP contribution is -1.99. The Hall–Kier alpha value is -1.53. The summed E-state index contributed by atoms with van der Waals surface area (Å²) in [5.41, 5.74) is -0.0341. The average Bonchev–Trinajstić information content (AvgIpc) is 2.03. The monoisotopic (exact) mass is 180 g/mol. The Bertz CT molecular complexity index is 368. The molecule has 0 atom stereocenters. The number of nitriles is 1. The Morgan fingerprint density at radius 3 is 2.92 bits per heavy atom. The van der Waals surface area contributed by atoms with Crippen LogP contribution in [0.5, 0.6) is 0 Å². The number of carboxylic acids is 1. The van der Waals surface area contributed by atoms with Crippen LogP contribution in [-0.2, 0) is 0 Å². The van der Waals surface area contributed by atoms with Gasteiger partial charge in [0.25, 0.3) is 0 Å². The molecule has 1 N–H and O–H groups in total. The molecule has 1 radical (unpaired) electrons. The van der Waals surface area contributed by atoms with Crippen LogP contribution in [0.2, 0.25) is 5.02 Å². The van der Waals surface area contributed by atoms with E-state index in [-0.39, 0.29) is 16.1 Å². The first-order valence-electron chi connectivity index (χ1n) is 3.00. The van der Waals surface area contributed by atoms with Crippen LogP contribution in [0.3, 0.4) is 0 Å². The van der Waals surface area contributed by atoms with E-state index in [0.717, 1.165) is 0 Å². The van der Waals surface area contributed by atoms with Gasteiger partial charge in [0.15, 0.2) is 0 Å². The lowest BCUT2D eigenvalue weighted by molar-refractivity contribution is 0.0696. The van der Waals surface area contributed by atoms with Crippen molar-refractivity contribution in [2.75, 3.05) is 0 Å². The van der Waals surface area contributed by atoms with E-state index in [1.807, 2.05) is 0 Å². The molecule has 3 nitrogen and oxygen atoms in total. The second kappa shape index (κ2) is 3.24. The molecule has 0 saturated heterocycles. The smallest absolute Gasteiger partial charge is 0.337 e. The summed E-state index contributed by atoms with van der Waals surface area (Å²) in [5, 5.41) is 17.3. The molecule has 0 aliphatic rings. The third kappa shape index (κ3) is 1.55. The van der Waals surface area contributed by atoms with E-state index in [4.69, 9.17) is 22.0 Å². The molecule has 1 aromatic carbocycles. The Labute approximate surface area is 73.8 Å². The Kier molecular flexibility index (Phi) is 2.32. The van der Waals surface area contributed by atoms with Gasteiger partial charge in [0.1, 0.15) is 6.07 Å². The summed E-state index contributed by atoms with van der Waals surface area (Å²) in [6, 6.07) is 6.67. The summed E-state index contributed by atoms with van der Waals surface area (Å²) in [6.07, 6.45) is 0. The van der Waals surface area contributed by atoms with Gasteiger partial charge in [0.05, 0.1) is 11.1 Å². The minimum Gasteiger partial charge on any atom is -0.478 e. The van der Waals surface area contributed by atoms with Crippen LogP contribution in [0.1, 0.15) is 15.9 Å². The summed E-state index contributed by atoms with van der Waals surface area (Å²) in [6.45, 7) is 0. The fourth-order valence-electron chi connectivity index (χ4n) is 0.734. The van der Waals surface area contributed by atoms with Crippen LogP contribution in [-0.4, -0.2) is 11.1 Å².